The van der Waals surface area contributed by atoms with Crippen LogP contribution in [0.2, 0.25) is 5.02 Å². The lowest BCUT2D eigenvalue weighted by Crippen LogP contribution is -2.12. The summed E-state index contributed by atoms with van der Waals surface area (Å²) in [6.07, 6.45) is 0. The maximum atomic E-state index is 5.92. The van der Waals surface area contributed by atoms with E-state index in [0.717, 1.165) is 10.0 Å². The van der Waals surface area contributed by atoms with Crippen LogP contribution >= 0.6 is 27.5 Å². The van der Waals surface area contributed by atoms with E-state index in [2.05, 4.69) is 31.4 Å². The fraction of sp³-hybridized carbons (Fsp3) is 0.273. The fourth-order valence-electron chi connectivity index (χ4n) is 1.28. The van der Waals surface area contributed by atoms with Crippen molar-refractivity contribution in [3.8, 4) is 11.5 Å². The van der Waals surface area contributed by atoms with Gasteiger partial charge in [0.15, 0.2) is 0 Å². The standard InChI is InChI=1S/C11H11BrClN3O/c1-6(14-2)10-15-16-11(17-10)7-3-4-9(13)8(12)5-7/h3-6,14H,1-2H3. The normalized spacial score (nSPS) is 12.7. The molecule has 0 amide bonds. The van der Waals surface area contributed by atoms with Crippen LogP contribution in [0.5, 0.6) is 0 Å². The van der Waals surface area contributed by atoms with Crippen molar-refractivity contribution in [1.29, 1.82) is 0 Å². The Labute approximate surface area is 113 Å². The van der Waals surface area contributed by atoms with E-state index in [4.69, 9.17) is 16.0 Å². The van der Waals surface area contributed by atoms with E-state index >= 15 is 0 Å². The zero-order chi connectivity index (χ0) is 12.4. The largest absolute Gasteiger partial charge is 0.419 e. The van der Waals surface area contributed by atoms with Crippen LogP contribution in [0.15, 0.2) is 27.1 Å². The topological polar surface area (TPSA) is 51.0 Å². The number of nitrogens with zero attached hydrogens (tertiary/aromatic N) is 2. The summed E-state index contributed by atoms with van der Waals surface area (Å²) in [5.41, 5.74) is 0.836. The van der Waals surface area contributed by atoms with Gasteiger partial charge in [-0.1, -0.05) is 11.6 Å². The third kappa shape index (κ3) is 2.68. The number of rotatable bonds is 3. The molecule has 0 saturated carbocycles. The molecule has 2 aromatic rings. The van der Waals surface area contributed by atoms with Crippen molar-refractivity contribution in [2.24, 2.45) is 0 Å². The van der Waals surface area contributed by atoms with Gasteiger partial charge in [0, 0.05) is 10.0 Å². The second-order valence-electron chi connectivity index (χ2n) is 3.58. The first kappa shape index (κ1) is 12.5. The van der Waals surface area contributed by atoms with E-state index in [1.807, 2.05) is 26.1 Å². The van der Waals surface area contributed by atoms with Gasteiger partial charge in [0.2, 0.25) is 11.8 Å². The molecule has 90 valence electrons. The van der Waals surface area contributed by atoms with Gasteiger partial charge in [0.25, 0.3) is 0 Å². The number of aromatic nitrogens is 2. The molecule has 0 bridgehead atoms. The molecular formula is C11H11BrClN3O. The number of halogens is 2. The Kier molecular flexibility index (Phi) is 3.81. The van der Waals surface area contributed by atoms with Crippen LogP contribution in [0.3, 0.4) is 0 Å². The molecule has 1 aromatic heterocycles. The summed E-state index contributed by atoms with van der Waals surface area (Å²) < 4.78 is 6.37. The SMILES string of the molecule is CNC(C)c1nnc(-c2ccc(Cl)c(Br)c2)o1. The Morgan fingerprint density at radius 3 is 2.82 bits per heavy atom. The van der Waals surface area contributed by atoms with Crippen molar-refractivity contribution in [2.45, 2.75) is 13.0 Å². The highest BCUT2D eigenvalue weighted by molar-refractivity contribution is 9.10. The predicted molar refractivity (Wildman–Crippen MR) is 69.9 cm³/mol. The van der Waals surface area contributed by atoms with Crippen molar-refractivity contribution in [1.82, 2.24) is 15.5 Å². The Balaban J connectivity index is 2.33. The quantitative estimate of drug-likeness (QED) is 0.942. The molecule has 0 radical (unpaired) electrons. The van der Waals surface area contributed by atoms with Crippen LogP contribution in [0.25, 0.3) is 11.5 Å². The average molecular weight is 317 g/mol. The smallest absolute Gasteiger partial charge is 0.247 e. The van der Waals surface area contributed by atoms with Crippen molar-refractivity contribution in [3.63, 3.8) is 0 Å². The average Bonchev–Trinajstić information content (AvgIpc) is 2.81. The van der Waals surface area contributed by atoms with E-state index in [1.165, 1.54) is 0 Å². The lowest BCUT2D eigenvalue weighted by Gasteiger charge is -2.02. The molecule has 0 aliphatic heterocycles. The van der Waals surface area contributed by atoms with Gasteiger partial charge in [0.05, 0.1) is 11.1 Å². The summed E-state index contributed by atoms with van der Waals surface area (Å²) in [4.78, 5) is 0. The van der Waals surface area contributed by atoms with Gasteiger partial charge >= 0.3 is 0 Å². The molecular weight excluding hydrogens is 305 g/mol. The second kappa shape index (κ2) is 5.16. The molecule has 0 aliphatic carbocycles. The monoisotopic (exact) mass is 315 g/mol. The van der Waals surface area contributed by atoms with Crippen LogP contribution in [-0.2, 0) is 0 Å². The fourth-order valence-corrected chi connectivity index (χ4v) is 1.78. The second-order valence-corrected chi connectivity index (χ2v) is 4.85. The van der Waals surface area contributed by atoms with Gasteiger partial charge in [-0.3, -0.25) is 0 Å². The van der Waals surface area contributed by atoms with Gasteiger partial charge in [-0.15, -0.1) is 10.2 Å². The van der Waals surface area contributed by atoms with E-state index in [9.17, 15) is 0 Å². The Hall–Kier alpha value is -0.910. The molecule has 0 saturated heterocycles. The van der Waals surface area contributed by atoms with Crippen molar-refractivity contribution >= 4 is 27.5 Å². The number of hydrogen-bond acceptors (Lipinski definition) is 4. The summed E-state index contributed by atoms with van der Waals surface area (Å²) >= 11 is 9.28. The summed E-state index contributed by atoms with van der Waals surface area (Å²) in [6, 6.07) is 5.51. The minimum Gasteiger partial charge on any atom is -0.419 e. The maximum Gasteiger partial charge on any atom is 0.247 e. The van der Waals surface area contributed by atoms with Crippen LogP contribution in [0, 0.1) is 0 Å². The molecule has 17 heavy (non-hydrogen) atoms. The molecule has 1 aromatic carbocycles. The lowest BCUT2D eigenvalue weighted by atomic mass is 10.2. The van der Waals surface area contributed by atoms with Gasteiger partial charge in [-0.2, -0.15) is 0 Å². The molecule has 0 aliphatic rings. The Morgan fingerprint density at radius 1 is 1.41 bits per heavy atom. The summed E-state index contributed by atoms with van der Waals surface area (Å²) in [6.45, 7) is 1.95. The molecule has 1 atom stereocenters. The molecule has 6 heteroatoms. The first-order chi connectivity index (χ1) is 8.11. The zero-order valence-corrected chi connectivity index (χ0v) is 11.7. The van der Waals surface area contributed by atoms with Crippen molar-refractivity contribution in [2.75, 3.05) is 7.05 Å². The first-order valence-corrected chi connectivity index (χ1v) is 6.25. The van der Waals surface area contributed by atoms with Crippen molar-refractivity contribution < 1.29 is 4.42 Å². The molecule has 4 nitrogen and oxygen atoms in total. The Bertz CT molecular complexity index is 529. The van der Waals surface area contributed by atoms with E-state index < -0.39 is 0 Å². The van der Waals surface area contributed by atoms with Crippen LogP contribution < -0.4 is 5.32 Å². The number of hydrogen-bond donors (Lipinski definition) is 1. The van der Waals surface area contributed by atoms with Gasteiger partial charge in [0.1, 0.15) is 0 Å². The Morgan fingerprint density at radius 2 is 2.18 bits per heavy atom. The van der Waals surface area contributed by atoms with Crippen LogP contribution in [0.4, 0.5) is 0 Å². The molecule has 2 rings (SSSR count). The molecule has 0 fully saturated rings. The highest BCUT2D eigenvalue weighted by Crippen LogP contribution is 2.28. The highest BCUT2D eigenvalue weighted by Gasteiger charge is 2.13. The molecule has 1 heterocycles. The lowest BCUT2D eigenvalue weighted by molar-refractivity contribution is 0.441. The van der Waals surface area contributed by atoms with E-state index in [-0.39, 0.29) is 6.04 Å². The minimum absolute atomic E-state index is 0.0343. The summed E-state index contributed by atoms with van der Waals surface area (Å²) in [5.74, 6) is 1.05. The van der Waals surface area contributed by atoms with Gasteiger partial charge in [-0.05, 0) is 48.1 Å². The first-order valence-electron chi connectivity index (χ1n) is 5.08. The predicted octanol–water partition coefficient (Wildman–Crippen LogP) is 3.43. The van der Waals surface area contributed by atoms with Crippen molar-refractivity contribution in [3.05, 3.63) is 33.6 Å². The maximum absolute atomic E-state index is 5.92. The summed E-state index contributed by atoms with van der Waals surface area (Å²) in [7, 11) is 1.84. The zero-order valence-electron chi connectivity index (χ0n) is 9.37. The minimum atomic E-state index is 0.0343. The summed E-state index contributed by atoms with van der Waals surface area (Å²) in [5, 5.41) is 11.7. The van der Waals surface area contributed by atoms with E-state index in [0.29, 0.717) is 16.8 Å². The van der Waals surface area contributed by atoms with E-state index in [1.54, 1.807) is 6.07 Å². The van der Waals surface area contributed by atoms with Gasteiger partial charge < -0.3 is 9.73 Å². The highest BCUT2D eigenvalue weighted by atomic mass is 79.9. The molecule has 1 N–H and O–H groups in total. The number of nitrogens with one attached hydrogen (secondary N) is 1. The molecule has 0 spiro atoms. The number of benzene rings is 1. The van der Waals surface area contributed by atoms with Crippen LogP contribution in [0.1, 0.15) is 18.9 Å². The molecule has 1 unspecified atom stereocenters. The third-order valence-electron chi connectivity index (χ3n) is 2.41. The van der Waals surface area contributed by atoms with Gasteiger partial charge in [-0.25, -0.2) is 0 Å². The van der Waals surface area contributed by atoms with Crippen LogP contribution in [-0.4, -0.2) is 17.2 Å². The third-order valence-corrected chi connectivity index (χ3v) is 3.62.